The normalized spacial score (nSPS) is 21.7. The fourth-order valence-corrected chi connectivity index (χ4v) is 2.00. The van der Waals surface area contributed by atoms with Gasteiger partial charge in [-0.2, -0.15) is 0 Å². The number of ether oxygens (including phenoxy) is 1. The lowest BCUT2D eigenvalue weighted by atomic mass is 10.1. The smallest absolute Gasteiger partial charge is 0.0722 e. The third-order valence-electron chi connectivity index (χ3n) is 2.95. The van der Waals surface area contributed by atoms with Gasteiger partial charge in [0.25, 0.3) is 0 Å². The van der Waals surface area contributed by atoms with Crippen LogP contribution in [0.4, 0.5) is 5.69 Å². The zero-order valence-corrected chi connectivity index (χ0v) is 9.57. The Morgan fingerprint density at radius 1 is 1.33 bits per heavy atom. The van der Waals surface area contributed by atoms with Gasteiger partial charge >= 0.3 is 0 Å². The van der Waals surface area contributed by atoms with E-state index >= 15 is 0 Å². The first-order valence-corrected chi connectivity index (χ1v) is 5.75. The van der Waals surface area contributed by atoms with Gasteiger partial charge < -0.3 is 9.64 Å². The molecule has 2 rings (SSSR count). The van der Waals surface area contributed by atoms with Crippen LogP contribution in [-0.2, 0) is 11.2 Å². The summed E-state index contributed by atoms with van der Waals surface area (Å²) in [6, 6.07) is 8.87. The summed E-state index contributed by atoms with van der Waals surface area (Å²) in [5, 5.41) is 0. The molecule has 0 aromatic heterocycles. The van der Waals surface area contributed by atoms with Crippen molar-refractivity contribution in [1.82, 2.24) is 0 Å². The molecule has 1 saturated heterocycles. The highest BCUT2D eigenvalue weighted by atomic mass is 16.5. The van der Waals surface area contributed by atoms with E-state index in [0.29, 0.717) is 6.10 Å². The second-order valence-corrected chi connectivity index (χ2v) is 4.15. The minimum atomic E-state index is 0.351. The van der Waals surface area contributed by atoms with E-state index in [1.54, 1.807) is 0 Å². The van der Waals surface area contributed by atoms with Crippen LogP contribution in [-0.4, -0.2) is 25.8 Å². The van der Waals surface area contributed by atoms with Crippen molar-refractivity contribution in [2.24, 2.45) is 0 Å². The fraction of sp³-hybridized carbons (Fsp3) is 0.538. The van der Waals surface area contributed by atoms with E-state index in [9.17, 15) is 0 Å². The minimum absolute atomic E-state index is 0.351. The highest BCUT2D eigenvalue weighted by Crippen LogP contribution is 2.18. The first kappa shape index (κ1) is 10.5. The van der Waals surface area contributed by atoms with Gasteiger partial charge in [0.1, 0.15) is 0 Å². The van der Waals surface area contributed by atoms with Crippen LogP contribution in [0.15, 0.2) is 24.3 Å². The number of benzene rings is 1. The van der Waals surface area contributed by atoms with Gasteiger partial charge in [0.15, 0.2) is 0 Å². The molecular formula is C13H19NO. The van der Waals surface area contributed by atoms with E-state index in [0.717, 1.165) is 26.1 Å². The molecule has 1 heterocycles. The molecule has 0 amide bonds. The van der Waals surface area contributed by atoms with Gasteiger partial charge in [-0.15, -0.1) is 0 Å². The number of hydrogen-bond acceptors (Lipinski definition) is 2. The van der Waals surface area contributed by atoms with Crippen molar-refractivity contribution in [2.45, 2.75) is 26.4 Å². The molecule has 0 radical (unpaired) electrons. The summed E-state index contributed by atoms with van der Waals surface area (Å²) in [7, 11) is 0. The molecule has 1 unspecified atom stereocenters. The van der Waals surface area contributed by atoms with Gasteiger partial charge in [-0.25, -0.2) is 0 Å². The lowest BCUT2D eigenvalue weighted by molar-refractivity contribution is 0.0532. The Morgan fingerprint density at radius 3 is 2.67 bits per heavy atom. The summed E-state index contributed by atoms with van der Waals surface area (Å²) < 4.78 is 5.53. The first-order chi connectivity index (χ1) is 7.29. The highest BCUT2D eigenvalue weighted by molar-refractivity contribution is 5.48. The lowest BCUT2D eigenvalue weighted by Gasteiger charge is -2.33. The van der Waals surface area contributed by atoms with Crippen molar-refractivity contribution in [2.75, 3.05) is 24.6 Å². The second kappa shape index (κ2) is 4.67. The van der Waals surface area contributed by atoms with E-state index in [2.05, 4.69) is 43.0 Å². The number of aryl methyl sites for hydroxylation is 1. The third kappa shape index (κ3) is 2.51. The van der Waals surface area contributed by atoms with Crippen LogP contribution in [0.3, 0.4) is 0 Å². The molecule has 2 heteroatoms. The van der Waals surface area contributed by atoms with Crippen molar-refractivity contribution < 1.29 is 4.74 Å². The van der Waals surface area contributed by atoms with E-state index in [4.69, 9.17) is 4.74 Å². The second-order valence-electron chi connectivity index (χ2n) is 4.15. The Kier molecular flexibility index (Phi) is 3.27. The molecule has 1 aromatic carbocycles. The van der Waals surface area contributed by atoms with Crippen molar-refractivity contribution in [3.63, 3.8) is 0 Å². The number of rotatable bonds is 2. The van der Waals surface area contributed by atoms with Gasteiger partial charge in [0.2, 0.25) is 0 Å². The monoisotopic (exact) mass is 205 g/mol. The van der Waals surface area contributed by atoms with Crippen molar-refractivity contribution in [3.8, 4) is 0 Å². The molecule has 1 aliphatic rings. The summed E-state index contributed by atoms with van der Waals surface area (Å²) in [5.74, 6) is 0. The van der Waals surface area contributed by atoms with Gasteiger partial charge in [-0.05, 0) is 31.0 Å². The molecule has 0 saturated carbocycles. The van der Waals surface area contributed by atoms with E-state index in [-0.39, 0.29) is 0 Å². The molecular weight excluding hydrogens is 186 g/mol. The zero-order chi connectivity index (χ0) is 10.7. The van der Waals surface area contributed by atoms with Crippen LogP contribution in [0.5, 0.6) is 0 Å². The maximum absolute atomic E-state index is 5.53. The number of hydrogen-bond donors (Lipinski definition) is 0. The zero-order valence-electron chi connectivity index (χ0n) is 9.57. The summed E-state index contributed by atoms with van der Waals surface area (Å²) >= 11 is 0. The molecule has 15 heavy (non-hydrogen) atoms. The first-order valence-electron chi connectivity index (χ1n) is 5.75. The molecule has 1 fully saturated rings. The van der Waals surface area contributed by atoms with Crippen molar-refractivity contribution in [1.29, 1.82) is 0 Å². The fourth-order valence-electron chi connectivity index (χ4n) is 2.00. The van der Waals surface area contributed by atoms with Crippen LogP contribution in [0.1, 0.15) is 19.4 Å². The molecule has 0 spiro atoms. The molecule has 1 atom stereocenters. The van der Waals surface area contributed by atoms with Gasteiger partial charge in [0.05, 0.1) is 12.7 Å². The summed E-state index contributed by atoms with van der Waals surface area (Å²) in [6.07, 6.45) is 1.46. The van der Waals surface area contributed by atoms with Crippen LogP contribution in [0.2, 0.25) is 0 Å². The number of nitrogens with zero attached hydrogens (tertiary/aromatic N) is 1. The summed E-state index contributed by atoms with van der Waals surface area (Å²) in [4.78, 5) is 2.40. The molecule has 0 N–H and O–H groups in total. The quantitative estimate of drug-likeness (QED) is 0.735. The summed E-state index contributed by atoms with van der Waals surface area (Å²) in [5.41, 5.74) is 2.72. The average Bonchev–Trinajstić information content (AvgIpc) is 2.29. The number of morpholine rings is 1. The topological polar surface area (TPSA) is 12.5 Å². The number of anilines is 1. The molecule has 2 nitrogen and oxygen atoms in total. The van der Waals surface area contributed by atoms with Crippen LogP contribution >= 0.6 is 0 Å². The molecule has 82 valence electrons. The van der Waals surface area contributed by atoms with Crippen LogP contribution < -0.4 is 4.90 Å². The van der Waals surface area contributed by atoms with Gasteiger partial charge in [0, 0.05) is 18.8 Å². The van der Waals surface area contributed by atoms with E-state index < -0.39 is 0 Å². The highest BCUT2D eigenvalue weighted by Gasteiger charge is 2.16. The molecule has 0 bridgehead atoms. The lowest BCUT2D eigenvalue weighted by Crippen LogP contribution is -2.41. The Hall–Kier alpha value is -1.02. The molecule has 1 aliphatic heterocycles. The maximum atomic E-state index is 5.53. The third-order valence-corrected chi connectivity index (χ3v) is 2.95. The Morgan fingerprint density at radius 2 is 2.07 bits per heavy atom. The van der Waals surface area contributed by atoms with Crippen LogP contribution in [0, 0.1) is 0 Å². The van der Waals surface area contributed by atoms with Crippen molar-refractivity contribution >= 4 is 5.69 Å². The Balaban J connectivity index is 2.07. The molecule has 1 aromatic rings. The largest absolute Gasteiger partial charge is 0.375 e. The predicted octanol–water partition coefficient (Wildman–Crippen LogP) is 2.47. The van der Waals surface area contributed by atoms with Crippen LogP contribution in [0.25, 0.3) is 0 Å². The standard InChI is InChI=1S/C13H19NO/c1-3-12-4-6-13(7-5-12)14-8-9-15-11(2)10-14/h4-7,11H,3,8-10H2,1-2H3. The summed E-state index contributed by atoms with van der Waals surface area (Å²) in [6.45, 7) is 7.18. The average molecular weight is 205 g/mol. The minimum Gasteiger partial charge on any atom is -0.375 e. The maximum Gasteiger partial charge on any atom is 0.0722 e. The van der Waals surface area contributed by atoms with Gasteiger partial charge in [-0.1, -0.05) is 19.1 Å². The van der Waals surface area contributed by atoms with Gasteiger partial charge in [-0.3, -0.25) is 0 Å². The Bertz CT molecular complexity index is 307. The Labute approximate surface area is 91.9 Å². The van der Waals surface area contributed by atoms with E-state index in [1.807, 2.05) is 0 Å². The predicted molar refractivity (Wildman–Crippen MR) is 63.4 cm³/mol. The van der Waals surface area contributed by atoms with Crippen molar-refractivity contribution in [3.05, 3.63) is 29.8 Å². The van der Waals surface area contributed by atoms with E-state index in [1.165, 1.54) is 11.3 Å². The molecule has 0 aliphatic carbocycles. The SMILES string of the molecule is CCc1ccc(N2CCOC(C)C2)cc1.